The van der Waals surface area contributed by atoms with Crippen molar-refractivity contribution in [2.24, 2.45) is 5.16 Å². The van der Waals surface area contributed by atoms with E-state index in [9.17, 15) is 47.4 Å². The lowest BCUT2D eigenvalue weighted by molar-refractivity contribution is -0.167. The van der Waals surface area contributed by atoms with Crippen LogP contribution in [-0.4, -0.2) is 118 Å². The number of carboxylic acids is 2. The molecule has 2 atom stereocenters. The molecule has 4 heterocycles. The average Bonchev–Trinajstić information content (AvgIpc) is 3.68. The molecule has 2 aromatic rings. The number of thiazole rings is 1. The van der Waals surface area contributed by atoms with E-state index in [4.69, 9.17) is 11.3 Å². The van der Waals surface area contributed by atoms with Crippen molar-refractivity contribution in [1.82, 2.24) is 40.9 Å². The lowest BCUT2D eigenvalue weighted by Gasteiger charge is -2.49. The van der Waals surface area contributed by atoms with Gasteiger partial charge in [0.2, 0.25) is 5.16 Å². The molecule has 25 heteroatoms. The highest BCUT2D eigenvalue weighted by Crippen LogP contribution is 2.41. The Balaban J connectivity index is 1.49. The van der Waals surface area contributed by atoms with E-state index in [1.165, 1.54) is 7.11 Å². The van der Waals surface area contributed by atoms with Crippen molar-refractivity contribution in [3.05, 3.63) is 28.0 Å². The van der Waals surface area contributed by atoms with Crippen LogP contribution in [0.4, 0.5) is 18.3 Å². The number of halogens is 3. The molecular formula is C23H19F3N10O9S3. The Labute approximate surface area is 277 Å². The van der Waals surface area contributed by atoms with Crippen molar-refractivity contribution in [2.75, 3.05) is 30.5 Å². The van der Waals surface area contributed by atoms with Crippen LogP contribution >= 0.6 is 34.9 Å². The van der Waals surface area contributed by atoms with E-state index in [-0.39, 0.29) is 28.1 Å². The molecule has 0 radical (unpaired) electrons. The number of β-lactam (4-membered cyclic amide) rings is 1. The van der Waals surface area contributed by atoms with Gasteiger partial charge in [-0.3, -0.25) is 34.9 Å². The fourth-order valence-electron chi connectivity index (χ4n) is 3.82. The summed E-state index contributed by atoms with van der Waals surface area (Å²) in [7, 11) is 1.19. The number of carbonyl (C=O) groups is 5. The predicted molar refractivity (Wildman–Crippen MR) is 158 cm³/mol. The number of alkyl halides is 3. The smallest absolute Gasteiger partial charge is 0.471 e. The number of fused-ring (bicyclic) bond motifs is 1. The summed E-state index contributed by atoms with van der Waals surface area (Å²) in [5.41, 5.74) is 0.776. The lowest BCUT2D eigenvalue weighted by Crippen LogP contribution is -2.71. The minimum absolute atomic E-state index is 0.0309. The normalized spacial score (nSPS) is 18.0. The van der Waals surface area contributed by atoms with Crippen molar-refractivity contribution >= 4 is 81.6 Å². The molecule has 19 nitrogen and oxygen atoms in total. The van der Waals surface area contributed by atoms with Gasteiger partial charge in [-0.1, -0.05) is 22.8 Å². The van der Waals surface area contributed by atoms with E-state index in [1.807, 2.05) is 0 Å². The number of carbonyl (C=O) groups excluding carboxylic acids is 3. The zero-order valence-electron chi connectivity index (χ0n) is 23.7. The first kappa shape index (κ1) is 35.7. The van der Waals surface area contributed by atoms with Crippen LogP contribution < -0.4 is 16.1 Å². The first-order valence-electron chi connectivity index (χ1n) is 12.6. The number of amides is 3. The van der Waals surface area contributed by atoms with Crippen molar-refractivity contribution < 1.29 is 57.0 Å². The zero-order chi connectivity index (χ0) is 35.2. The van der Waals surface area contributed by atoms with Crippen LogP contribution in [0.2, 0.25) is 0 Å². The lowest BCUT2D eigenvalue weighted by atomic mass is 10.0. The maximum Gasteiger partial charge on any atom is 0.471 e. The maximum absolute atomic E-state index is 13.2. The van der Waals surface area contributed by atoms with Gasteiger partial charge in [-0.05, 0) is 16.0 Å². The van der Waals surface area contributed by atoms with Gasteiger partial charge < -0.3 is 20.4 Å². The molecule has 0 bridgehead atoms. The number of nitrogens with one attached hydrogen (secondary N) is 3. The van der Waals surface area contributed by atoms with Crippen LogP contribution in [0.5, 0.6) is 0 Å². The van der Waals surface area contributed by atoms with Gasteiger partial charge in [0.05, 0.1) is 13.3 Å². The van der Waals surface area contributed by atoms with Gasteiger partial charge in [0.15, 0.2) is 23.1 Å². The number of carboxylic acid groups (broad SMARTS) is 2. The second-order valence-electron chi connectivity index (χ2n) is 8.87. The SMILES string of the molecule is C#CCON=C(C(=O)NC1C(=O)N2C(C(=O)O)=C(CSc3nnnn3C=C(NOC)C(=O)O)CS[C@@H]12)c1csc(NC(=O)C(F)(F)F)n1. The van der Waals surface area contributed by atoms with Crippen molar-refractivity contribution in [1.29, 1.82) is 0 Å². The molecule has 3 amide bonds. The number of oxime groups is 1. The number of anilines is 1. The standard InChI is InChI=1S/C23H19F3N10O9S3/c1-3-4-45-32-12(11-8-47-21(27-11)29-20(43)23(24,25)26)15(37)28-13-16(38)36-14(19(41)42)9(6-46-17(13)36)7-48-22-30-33-34-35(22)5-10(18(39)40)31-44-2/h1,5,8,13,17,31H,4,6-7H2,2H3,(H,28,37)(H,39,40)(H,41,42)(H,27,29,43)/t13?,17-/m0/s1. The Hall–Kier alpha value is -5.19. The molecule has 4 rings (SSSR count). The summed E-state index contributed by atoms with van der Waals surface area (Å²) < 4.78 is 38.9. The quantitative estimate of drug-likeness (QED) is 0.0314. The van der Waals surface area contributed by atoms with Gasteiger partial charge in [0, 0.05) is 16.9 Å². The highest BCUT2D eigenvalue weighted by atomic mass is 32.2. The minimum atomic E-state index is -5.20. The molecule has 0 aromatic carbocycles. The Bertz CT molecular complexity index is 1770. The average molecular weight is 733 g/mol. The Kier molecular flexibility index (Phi) is 11.3. The van der Waals surface area contributed by atoms with Crippen molar-refractivity contribution in [2.45, 2.75) is 22.7 Å². The third-order valence-electron chi connectivity index (χ3n) is 5.81. The molecule has 48 heavy (non-hydrogen) atoms. The molecular weight excluding hydrogens is 714 g/mol. The number of aliphatic carboxylic acids is 2. The second-order valence-corrected chi connectivity index (χ2v) is 11.8. The molecule has 2 aliphatic heterocycles. The van der Waals surface area contributed by atoms with E-state index in [1.54, 1.807) is 5.32 Å². The summed E-state index contributed by atoms with van der Waals surface area (Å²) >= 11 is 2.61. The molecule has 1 unspecified atom stereocenters. The van der Waals surface area contributed by atoms with E-state index in [0.29, 0.717) is 16.9 Å². The van der Waals surface area contributed by atoms with Gasteiger partial charge in [-0.25, -0.2) is 14.6 Å². The van der Waals surface area contributed by atoms with E-state index in [2.05, 4.69) is 47.2 Å². The first-order chi connectivity index (χ1) is 22.8. The number of nitrogens with zero attached hydrogens (tertiary/aromatic N) is 7. The largest absolute Gasteiger partial charge is 0.477 e. The van der Waals surface area contributed by atoms with E-state index in [0.717, 1.165) is 44.7 Å². The molecule has 2 aliphatic rings. The number of thioether (sulfide) groups is 2. The predicted octanol–water partition coefficient (Wildman–Crippen LogP) is -0.451. The zero-order valence-corrected chi connectivity index (χ0v) is 26.2. The van der Waals surface area contributed by atoms with Gasteiger partial charge in [0.25, 0.3) is 11.8 Å². The van der Waals surface area contributed by atoms with Crippen LogP contribution in [0, 0.1) is 12.3 Å². The monoisotopic (exact) mass is 732 g/mol. The van der Waals surface area contributed by atoms with Crippen LogP contribution in [0.25, 0.3) is 6.20 Å². The summed E-state index contributed by atoms with van der Waals surface area (Å²) in [5.74, 6) is -4.83. The summed E-state index contributed by atoms with van der Waals surface area (Å²) in [6, 6.07) is -1.26. The third-order valence-corrected chi connectivity index (χ3v) is 8.93. The van der Waals surface area contributed by atoms with Crippen LogP contribution in [0.1, 0.15) is 5.69 Å². The third kappa shape index (κ3) is 8.02. The van der Waals surface area contributed by atoms with Gasteiger partial charge in [0.1, 0.15) is 22.8 Å². The number of hydrogen-bond acceptors (Lipinski definition) is 16. The molecule has 0 spiro atoms. The Morgan fingerprint density at radius 3 is 2.71 bits per heavy atom. The molecule has 254 valence electrons. The molecule has 5 N–H and O–H groups in total. The van der Waals surface area contributed by atoms with Gasteiger partial charge >= 0.3 is 24.0 Å². The van der Waals surface area contributed by atoms with Crippen LogP contribution in [0.3, 0.4) is 0 Å². The Morgan fingerprint density at radius 1 is 1.31 bits per heavy atom. The summed E-state index contributed by atoms with van der Waals surface area (Å²) in [6.45, 7) is -0.409. The summed E-state index contributed by atoms with van der Waals surface area (Å²) in [5, 5.41) is 37.5. The van der Waals surface area contributed by atoms with Crippen molar-refractivity contribution in [3.8, 4) is 12.3 Å². The number of rotatable bonds is 14. The number of hydroxylamine groups is 1. The Morgan fingerprint density at radius 2 is 2.06 bits per heavy atom. The minimum Gasteiger partial charge on any atom is -0.477 e. The maximum atomic E-state index is 13.2. The molecule has 0 aliphatic carbocycles. The number of tetrazole rings is 1. The van der Waals surface area contributed by atoms with Crippen LogP contribution in [-0.2, 0) is 33.6 Å². The molecule has 1 fully saturated rings. The summed E-state index contributed by atoms with van der Waals surface area (Å²) in [4.78, 5) is 75.5. The second kappa shape index (κ2) is 15.1. The highest BCUT2D eigenvalue weighted by Gasteiger charge is 2.54. The van der Waals surface area contributed by atoms with Gasteiger partial charge in [-0.2, -0.15) is 17.9 Å². The molecule has 0 saturated carbocycles. The number of aromatic nitrogens is 5. The fraction of sp³-hybridized carbons (Fsp3) is 0.304. The fourth-order valence-corrected chi connectivity index (χ4v) is 6.84. The summed E-state index contributed by atoms with van der Waals surface area (Å²) in [6.07, 6.45) is 0.943. The number of hydrogen-bond donors (Lipinski definition) is 5. The first-order valence-corrected chi connectivity index (χ1v) is 15.5. The van der Waals surface area contributed by atoms with Gasteiger partial charge in [-0.15, -0.1) is 34.6 Å². The number of terminal acetylenes is 1. The molecule has 1 saturated heterocycles. The van der Waals surface area contributed by atoms with E-state index >= 15 is 0 Å². The van der Waals surface area contributed by atoms with E-state index < -0.39 is 70.4 Å². The molecule has 2 aromatic heterocycles. The van der Waals surface area contributed by atoms with Crippen LogP contribution in [0.15, 0.2) is 32.7 Å². The topological polar surface area (TPSA) is 252 Å². The highest BCUT2D eigenvalue weighted by molar-refractivity contribution is 8.01. The van der Waals surface area contributed by atoms with Crippen molar-refractivity contribution in [3.63, 3.8) is 0 Å².